The molecule has 4 heteroatoms. The molecule has 3 nitrogen and oxygen atoms in total. The van der Waals surface area contributed by atoms with Crippen LogP contribution in [0, 0.1) is 13.8 Å². The predicted octanol–water partition coefficient (Wildman–Crippen LogP) is 2.91. The highest BCUT2D eigenvalue weighted by Crippen LogP contribution is 2.17. The fourth-order valence-corrected chi connectivity index (χ4v) is 1.33. The first-order chi connectivity index (χ1) is 7.00. The van der Waals surface area contributed by atoms with Crippen molar-refractivity contribution in [1.82, 2.24) is 9.97 Å². The first-order valence-corrected chi connectivity index (χ1v) is 5.68. The largest absolute Gasteiger partial charge is 0.348 e. The van der Waals surface area contributed by atoms with Crippen molar-refractivity contribution in [2.24, 2.45) is 0 Å². The van der Waals surface area contributed by atoms with E-state index in [-0.39, 0.29) is 5.54 Å². The van der Waals surface area contributed by atoms with Gasteiger partial charge in [-0.15, -0.1) is 11.6 Å². The van der Waals surface area contributed by atoms with Crippen LogP contribution in [0.3, 0.4) is 0 Å². The van der Waals surface area contributed by atoms with E-state index in [9.17, 15) is 0 Å². The molecule has 1 unspecified atom stereocenters. The fourth-order valence-electron chi connectivity index (χ4n) is 1.07. The minimum absolute atomic E-state index is 0.136. The molecule has 0 bridgehead atoms. The Balaban J connectivity index is 2.85. The van der Waals surface area contributed by atoms with Crippen LogP contribution in [0.25, 0.3) is 0 Å². The second-order valence-electron chi connectivity index (χ2n) is 4.13. The lowest BCUT2D eigenvalue weighted by Crippen LogP contribution is -2.36. The van der Waals surface area contributed by atoms with Gasteiger partial charge in [-0.2, -0.15) is 0 Å². The predicted molar refractivity (Wildman–Crippen MR) is 64.5 cm³/mol. The van der Waals surface area contributed by atoms with Gasteiger partial charge in [-0.05, 0) is 32.8 Å². The quantitative estimate of drug-likeness (QED) is 0.804. The number of nitrogens with one attached hydrogen (secondary N) is 1. The summed E-state index contributed by atoms with van der Waals surface area (Å²) in [7, 11) is 0. The standard InChI is InChI=1S/C11H18ClN3/c1-5-11(4,7-12)15-10-13-6-8(2)9(3)14-10/h6H,5,7H2,1-4H3,(H,13,14,15). The van der Waals surface area contributed by atoms with Crippen LogP contribution in [-0.4, -0.2) is 21.4 Å². The topological polar surface area (TPSA) is 37.8 Å². The van der Waals surface area contributed by atoms with Crippen molar-refractivity contribution in [3.63, 3.8) is 0 Å². The molecule has 0 radical (unpaired) electrons. The summed E-state index contributed by atoms with van der Waals surface area (Å²) in [4.78, 5) is 8.61. The summed E-state index contributed by atoms with van der Waals surface area (Å²) in [6.07, 6.45) is 2.77. The van der Waals surface area contributed by atoms with Gasteiger partial charge in [0.15, 0.2) is 0 Å². The van der Waals surface area contributed by atoms with E-state index < -0.39 is 0 Å². The maximum Gasteiger partial charge on any atom is 0.223 e. The average molecular weight is 228 g/mol. The highest BCUT2D eigenvalue weighted by Gasteiger charge is 2.21. The molecule has 0 aliphatic rings. The summed E-state index contributed by atoms with van der Waals surface area (Å²) in [6, 6.07) is 0. The van der Waals surface area contributed by atoms with E-state index in [1.54, 1.807) is 0 Å². The number of anilines is 1. The molecule has 0 aliphatic heterocycles. The van der Waals surface area contributed by atoms with Gasteiger partial charge in [0.25, 0.3) is 0 Å². The number of nitrogens with zero attached hydrogens (tertiary/aromatic N) is 2. The van der Waals surface area contributed by atoms with Crippen molar-refractivity contribution in [3.8, 4) is 0 Å². The Morgan fingerprint density at radius 1 is 1.47 bits per heavy atom. The molecular weight excluding hydrogens is 210 g/mol. The molecule has 0 aromatic carbocycles. The van der Waals surface area contributed by atoms with Gasteiger partial charge in [0.05, 0.1) is 5.54 Å². The number of halogens is 1. The molecule has 1 atom stereocenters. The minimum Gasteiger partial charge on any atom is -0.348 e. The van der Waals surface area contributed by atoms with Crippen LogP contribution >= 0.6 is 11.6 Å². The number of aromatic nitrogens is 2. The monoisotopic (exact) mass is 227 g/mol. The van der Waals surface area contributed by atoms with E-state index in [2.05, 4.69) is 29.1 Å². The van der Waals surface area contributed by atoms with Crippen molar-refractivity contribution in [2.75, 3.05) is 11.2 Å². The third-order valence-electron chi connectivity index (χ3n) is 2.71. The average Bonchev–Trinajstić information content (AvgIpc) is 2.23. The second-order valence-corrected chi connectivity index (χ2v) is 4.40. The zero-order chi connectivity index (χ0) is 11.5. The van der Waals surface area contributed by atoms with Crippen molar-refractivity contribution in [2.45, 2.75) is 39.7 Å². The molecule has 0 spiro atoms. The lowest BCUT2D eigenvalue weighted by atomic mass is 10.0. The molecule has 15 heavy (non-hydrogen) atoms. The van der Waals surface area contributed by atoms with Crippen LogP contribution in [0.2, 0.25) is 0 Å². The number of rotatable bonds is 4. The Labute approximate surface area is 96.3 Å². The first-order valence-electron chi connectivity index (χ1n) is 5.15. The smallest absolute Gasteiger partial charge is 0.223 e. The lowest BCUT2D eigenvalue weighted by molar-refractivity contribution is 0.548. The first kappa shape index (κ1) is 12.2. The van der Waals surface area contributed by atoms with Gasteiger partial charge in [-0.1, -0.05) is 6.92 Å². The van der Waals surface area contributed by atoms with Gasteiger partial charge in [-0.3, -0.25) is 0 Å². The van der Waals surface area contributed by atoms with Crippen LogP contribution in [0.1, 0.15) is 31.5 Å². The minimum atomic E-state index is -0.136. The maximum atomic E-state index is 5.91. The molecule has 1 aromatic rings. The highest BCUT2D eigenvalue weighted by molar-refractivity contribution is 6.18. The van der Waals surface area contributed by atoms with Crippen LogP contribution in [0.15, 0.2) is 6.20 Å². The van der Waals surface area contributed by atoms with Crippen LogP contribution in [-0.2, 0) is 0 Å². The van der Waals surface area contributed by atoms with E-state index in [1.807, 2.05) is 20.0 Å². The molecule has 84 valence electrons. The van der Waals surface area contributed by atoms with Gasteiger partial charge >= 0.3 is 0 Å². The van der Waals surface area contributed by atoms with Crippen molar-refractivity contribution < 1.29 is 0 Å². The Kier molecular flexibility index (Phi) is 3.91. The maximum absolute atomic E-state index is 5.91. The summed E-state index contributed by atoms with van der Waals surface area (Å²) in [6.45, 7) is 8.14. The van der Waals surface area contributed by atoms with Gasteiger partial charge < -0.3 is 5.32 Å². The molecule has 1 aromatic heterocycles. The zero-order valence-corrected chi connectivity index (χ0v) is 10.5. The Morgan fingerprint density at radius 2 is 2.13 bits per heavy atom. The van der Waals surface area contributed by atoms with Crippen molar-refractivity contribution in [3.05, 3.63) is 17.5 Å². The summed E-state index contributed by atoms with van der Waals surface area (Å²) >= 11 is 5.91. The van der Waals surface area contributed by atoms with E-state index in [0.717, 1.165) is 17.7 Å². The van der Waals surface area contributed by atoms with Crippen LogP contribution < -0.4 is 5.32 Å². The molecule has 0 saturated carbocycles. The number of aryl methyl sites for hydroxylation is 2. The normalized spacial score (nSPS) is 14.7. The summed E-state index contributed by atoms with van der Waals surface area (Å²) < 4.78 is 0. The zero-order valence-electron chi connectivity index (χ0n) is 9.76. The third-order valence-corrected chi connectivity index (χ3v) is 3.30. The van der Waals surface area contributed by atoms with Gasteiger partial charge in [-0.25, -0.2) is 9.97 Å². The SMILES string of the molecule is CCC(C)(CCl)Nc1ncc(C)c(C)n1. The number of hydrogen-bond donors (Lipinski definition) is 1. The van der Waals surface area contributed by atoms with E-state index in [1.165, 1.54) is 0 Å². The summed E-state index contributed by atoms with van der Waals surface area (Å²) in [5.74, 6) is 1.20. The van der Waals surface area contributed by atoms with Crippen LogP contribution in [0.4, 0.5) is 5.95 Å². The Morgan fingerprint density at radius 3 is 2.60 bits per heavy atom. The van der Waals surface area contributed by atoms with Crippen LogP contribution in [0.5, 0.6) is 0 Å². The number of alkyl halides is 1. The molecule has 0 aliphatic carbocycles. The fraction of sp³-hybridized carbons (Fsp3) is 0.636. The molecule has 1 N–H and O–H groups in total. The molecule has 0 fully saturated rings. The molecular formula is C11H18ClN3. The number of hydrogen-bond acceptors (Lipinski definition) is 3. The third kappa shape index (κ3) is 3.06. The molecule has 1 rings (SSSR count). The second kappa shape index (κ2) is 4.79. The van der Waals surface area contributed by atoms with Gasteiger partial charge in [0, 0.05) is 17.8 Å². The highest BCUT2D eigenvalue weighted by atomic mass is 35.5. The Hall–Kier alpha value is -0.830. The van der Waals surface area contributed by atoms with E-state index in [0.29, 0.717) is 11.8 Å². The van der Waals surface area contributed by atoms with Gasteiger partial charge in [0.1, 0.15) is 0 Å². The summed E-state index contributed by atoms with van der Waals surface area (Å²) in [5.41, 5.74) is 1.97. The van der Waals surface area contributed by atoms with Crippen molar-refractivity contribution >= 4 is 17.5 Å². The van der Waals surface area contributed by atoms with Gasteiger partial charge in [0.2, 0.25) is 5.95 Å². The summed E-state index contributed by atoms with van der Waals surface area (Å²) in [5, 5.41) is 3.27. The molecule has 0 saturated heterocycles. The Bertz CT molecular complexity index is 335. The molecule has 0 amide bonds. The van der Waals surface area contributed by atoms with E-state index >= 15 is 0 Å². The van der Waals surface area contributed by atoms with E-state index in [4.69, 9.17) is 11.6 Å². The lowest BCUT2D eigenvalue weighted by Gasteiger charge is -2.27. The van der Waals surface area contributed by atoms with Crippen molar-refractivity contribution in [1.29, 1.82) is 0 Å². The molecule has 1 heterocycles.